The molecule has 0 spiro atoms. The normalized spacial score (nSPS) is 19.5. The molecule has 0 aliphatic carbocycles. The number of nitrogens with zero attached hydrogens (tertiary/aromatic N) is 2. The van der Waals surface area contributed by atoms with Gasteiger partial charge in [0.25, 0.3) is 5.56 Å². The summed E-state index contributed by atoms with van der Waals surface area (Å²) in [5.74, 6) is 0.128. The third-order valence-electron chi connectivity index (χ3n) is 4.51. The van der Waals surface area contributed by atoms with Crippen LogP contribution in [-0.4, -0.2) is 46.4 Å². The SMILES string of the molecule is CCN1CCN(Cc2cc3ccc(Cl)cc3[nH]c2=O)[C@@H](C)C1=O. The molecule has 1 fully saturated rings. The highest BCUT2D eigenvalue weighted by molar-refractivity contribution is 6.31. The smallest absolute Gasteiger partial charge is 0.252 e. The number of halogens is 1. The molecule has 0 saturated carbocycles. The first kappa shape index (κ1) is 16.0. The lowest BCUT2D eigenvalue weighted by Crippen LogP contribution is -2.55. The van der Waals surface area contributed by atoms with E-state index in [2.05, 4.69) is 9.88 Å². The molecular weight excluding hydrogens is 314 g/mol. The third kappa shape index (κ3) is 3.12. The minimum absolute atomic E-state index is 0.127. The first-order chi connectivity index (χ1) is 11.0. The number of hydrogen-bond acceptors (Lipinski definition) is 3. The highest BCUT2D eigenvalue weighted by Crippen LogP contribution is 2.19. The summed E-state index contributed by atoms with van der Waals surface area (Å²) in [7, 11) is 0. The Morgan fingerprint density at radius 3 is 2.78 bits per heavy atom. The highest BCUT2D eigenvalue weighted by atomic mass is 35.5. The summed E-state index contributed by atoms with van der Waals surface area (Å²) in [6, 6.07) is 7.12. The van der Waals surface area contributed by atoms with Gasteiger partial charge < -0.3 is 9.88 Å². The highest BCUT2D eigenvalue weighted by Gasteiger charge is 2.30. The molecule has 1 saturated heterocycles. The van der Waals surface area contributed by atoms with Crippen molar-refractivity contribution >= 4 is 28.4 Å². The molecule has 6 heteroatoms. The number of H-pyrrole nitrogens is 1. The van der Waals surface area contributed by atoms with Gasteiger partial charge in [-0.2, -0.15) is 0 Å². The standard InChI is InChI=1S/C17H20ClN3O2/c1-3-20-6-7-21(11(2)17(20)23)10-13-8-12-4-5-14(18)9-15(12)19-16(13)22/h4-5,8-9,11H,3,6-7,10H2,1-2H3,(H,19,22)/t11-/m0/s1. The van der Waals surface area contributed by atoms with Gasteiger partial charge in [0, 0.05) is 42.3 Å². The second-order valence-corrected chi connectivity index (χ2v) is 6.36. The van der Waals surface area contributed by atoms with Crippen LogP contribution < -0.4 is 5.56 Å². The Labute approximate surface area is 139 Å². The van der Waals surface area contributed by atoms with Gasteiger partial charge in [-0.15, -0.1) is 0 Å². The van der Waals surface area contributed by atoms with Crippen molar-refractivity contribution in [1.82, 2.24) is 14.8 Å². The van der Waals surface area contributed by atoms with Crippen molar-refractivity contribution in [1.29, 1.82) is 0 Å². The predicted molar refractivity (Wildman–Crippen MR) is 91.7 cm³/mol. The number of carbonyl (C=O) groups excluding carboxylic acids is 1. The molecule has 2 aromatic rings. The van der Waals surface area contributed by atoms with Crippen LogP contribution in [0.25, 0.3) is 10.9 Å². The molecule has 0 bridgehead atoms. The maximum absolute atomic E-state index is 12.3. The largest absolute Gasteiger partial charge is 0.340 e. The van der Waals surface area contributed by atoms with Gasteiger partial charge in [-0.05, 0) is 37.4 Å². The fraction of sp³-hybridized carbons (Fsp3) is 0.412. The van der Waals surface area contributed by atoms with E-state index in [9.17, 15) is 9.59 Å². The number of nitrogens with one attached hydrogen (secondary N) is 1. The molecule has 1 aliphatic rings. The molecule has 1 N–H and O–H groups in total. The summed E-state index contributed by atoms with van der Waals surface area (Å²) in [6.07, 6.45) is 0. The van der Waals surface area contributed by atoms with E-state index in [0.29, 0.717) is 23.7 Å². The van der Waals surface area contributed by atoms with E-state index in [1.807, 2.05) is 30.9 Å². The van der Waals surface area contributed by atoms with Crippen molar-refractivity contribution in [2.45, 2.75) is 26.4 Å². The van der Waals surface area contributed by atoms with Crippen molar-refractivity contribution < 1.29 is 4.79 Å². The molecular formula is C17H20ClN3O2. The summed E-state index contributed by atoms with van der Waals surface area (Å²) in [6.45, 7) is 6.57. The van der Waals surface area contributed by atoms with Gasteiger partial charge >= 0.3 is 0 Å². The predicted octanol–water partition coefficient (Wildman–Crippen LogP) is 2.23. The van der Waals surface area contributed by atoms with Gasteiger partial charge in [0.05, 0.1) is 6.04 Å². The number of fused-ring (bicyclic) bond motifs is 1. The molecule has 122 valence electrons. The van der Waals surface area contributed by atoms with Gasteiger partial charge in [0.2, 0.25) is 5.91 Å². The Hall–Kier alpha value is -1.85. The average molecular weight is 334 g/mol. The zero-order chi connectivity index (χ0) is 16.6. The Kier molecular flexibility index (Phi) is 4.41. The van der Waals surface area contributed by atoms with Crippen LogP contribution in [0.5, 0.6) is 0 Å². The van der Waals surface area contributed by atoms with Gasteiger partial charge in [-0.25, -0.2) is 0 Å². The van der Waals surface area contributed by atoms with E-state index < -0.39 is 0 Å². The second kappa shape index (κ2) is 6.34. The van der Waals surface area contributed by atoms with E-state index >= 15 is 0 Å². The monoisotopic (exact) mass is 333 g/mol. The van der Waals surface area contributed by atoms with Crippen LogP contribution in [0, 0.1) is 0 Å². The first-order valence-corrected chi connectivity index (χ1v) is 8.21. The van der Waals surface area contributed by atoms with E-state index in [1.165, 1.54) is 0 Å². The summed E-state index contributed by atoms with van der Waals surface area (Å²) >= 11 is 5.96. The van der Waals surface area contributed by atoms with Crippen molar-refractivity contribution in [2.24, 2.45) is 0 Å². The van der Waals surface area contributed by atoms with Gasteiger partial charge in [-0.1, -0.05) is 17.7 Å². The van der Waals surface area contributed by atoms with Crippen molar-refractivity contribution in [2.75, 3.05) is 19.6 Å². The van der Waals surface area contributed by atoms with Crippen LogP contribution in [0.15, 0.2) is 29.1 Å². The van der Waals surface area contributed by atoms with Crippen LogP contribution in [0.2, 0.25) is 5.02 Å². The van der Waals surface area contributed by atoms with E-state index in [0.717, 1.165) is 24.0 Å². The molecule has 0 unspecified atom stereocenters. The zero-order valence-electron chi connectivity index (χ0n) is 13.3. The average Bonchev–Trinajstić information content (AvgIpc) is 2.53. The van der Waals surface area contributed by atoms with Crippen LogP contribution in [-0.2, 0) is 11.3 Å². The Morgan fingerprint density at radius 1 is 1.26 bits per heavy atom. The van der Waals surface area contributed by atoms with Crippen LogP contribution in [0.1, 0.15) is 19.4 Å². The summed E-state index contributed by atoms with van der Waals surface area (Å²) in [4.78, 5) is 31.4. The van der Waals surface area contributed by atoms with Crippen molar-refractivity contribution in [3.8, 4) is 0 Å². The fourth-order valence-corrected chi connectivity index (χ4v) is 3.23. The number of carbonyl (C=O) groups is 1. The molecule has 23 heavy (non-hydrogen) atoms. The maximum Gasteiger partial charge on any atom is 0.252 e. The number of piperazine rings is 1. The molecule has 1 atom stereocenters. The van der Waals surface area contributed by atoms with Crippen molar-refractivity contribution in [3.63, 3.8) is 0 Å². The minimum Gasteiger partial charge on any atom is -0.340 e. The number of benzene rings is 1. The molecule has 5 nitrogen and oxygen atoms in total. The van der Waals surface area contributed by atoms with E-state index in [1.54, 1.807) is 12.1 Å². The number of aromatic amines is 1. The quantitative estimate of drug-likeness (QED) is 0.937. The molecule has 1 aromatic heterocycles. The first-order valence-electron chi connectivity index (χ1n) is 7.84. The zero-order valence-corrected chi connectivity index (χ0v) is 14.1. The summed E-state index contributed by atoms with van der Waals surface area (Å²) < 4.78 is 0. The lowest BCUT2D eigenvalue weighted by molar-refractivity contribution is -0.141. The summed E-state index contributed by atoms with van der Waals surface area (Å²) in [5.41, 5.74) is 1.27. The third-order valence-corrected chi connectivity index (χ3v) is 4.75. The van der Waals surface area contributed by atoms with Gasteiger partial charge in [0.15, 0.2) is 0 Å². The lowest BCUT2D eigenvalue weighted by Gasteiger charge is -2.38. The fourth-order valence-electron chi connectivity index (χ4n) is 3.06. The van der Waals surface area contributed by atoms with Crippen molar-refractivity contribution in [3.05, 3.63) is 45.2 Å². The number of rotatable bonds is 3. The van der Waals surface area contributed by atoms with Gasteiger partial charge in [0.1, 0.15) is 0 Å². The number of hydrogen-bond donors (Lipinski definition) is 1. The molecule has 1 aliphatic heterocycles. The van der Waals surface area contributed by atoms with Gasteiger partial charge in [-0.3, -0.25) is 14.5 Å². The topological polar surface area (TPSA) is 56.4 Å². The molecule has 1 aromatic carbocycles. The summed E-state index contributed by atoms with van der Waals surface area (Å²) in [5, 5.41) is 1.53. The number of amides is 1. The molecule has 2 heterocycles. The van der Waals surface area contributed by atoms with E-state index in [4.69, 9.17) is 11.6 Å². The number of pyridine rings is 1. The molecule has 0 radical (unpaired) electrons. The maximum atomic E-state index is 12.3. The van der Waals surface area contributed by atoms with Crippen LogP contribution in [0.3, 0.4) is 0 Å². The molecule has 1 amide bonds. The minimum atomic E-state index is -0.205. The second-order valence-electron chi connectivity index (χ2n) is 5.92. The van der Waals surface area contributed by atoms with E-state index in [-0.39, 0.29) is 17.5 Å². The Morgan fingerprint density at radius 2 is 2.04 bits per heavy atom. The van der Waals surface area contributed by atoms with Crippen LogP contribution in [0.4, 0.5) is 0 Å². The lowest BCUT2D eigenvalue weighted by atomic mass is 10.1. The molecule has 3 rings (SSSR count). The van der Waals surface area contributed by atoms with Crippen LogP contribution >= 0.6 is 11.6 Å². The Bertz CT molecular complexity index is 802. The Balaban J connectivity index is 1.87. The number of aromatic nitrogens is 1. The number of likely N-dealkylation sites (N-methyl/N-ethyl adjacent to an activating group) is 1.